The number of carbonyl (C=O) groups excluding carboxylic acids is 1. The summed E-state index contributed by atoms with van der Waals surface area (Å²) in [6, 6.07) is 0. The van der Waals surface area contributed by atoms with Crippen LogP contribution in [0, 0.1) is 0 Å². The fourth-order valence-corrected chi connectivity index (χ4v) is 1.42. The van der Waals surface area contributed by atoms with E-state index in [1.165, 1.54) is 0 Å². The van der Waals surface area contributed by atoms with Gasteiger partial charge >= 0.3 is 0 Å². The Morgan fingerprint density at radius 2 is 2.20 bits per heavy atom. The highest BCUT2D eigenvalue weighted by atomic mass is 32.2. The minimum absolute atomic E-state index is 0.157. The Bertz CT molecular complexity index is 116. The zero-order valence-corrected chi connectivity index (χ0v) is 7.86. The summed E-state index contributed by atoms with van der Waals surface area (Å²) >= 11 is 1.69. The van der Waals surface area contributed by atoms with E-state index in [9.17, 15) is 4.79 Å². The lowest BCUT2D eigenvalue weighted by molar-refractivity contribution is -0.129. The summed E-state index contributed by atoms with van der Waals surface area (Å²) in [4.78, 5) is 12.7. The van der Waals surface area contributed by atoms with Crippen LogP contribution in [0.1, 0.15) is 20.8 Å². The molecule has 0 aromatic heterocycles. The van der Waals surface area contributed by atoms with Crippen LogP contribution >= 0.6 is 11.8 Å². The number of hydrogen-bond acceptors (Lipinski definition) is 2. The van der Waals surface area contributed by atoms with Gasteiger partial charge in [-0.15, -0.1) is 11.8 Å². The minimum atomic E-state index is 0.157. The molecule has 0 aromatic rings. The predicted molar refractivity (Wildman–Crippen MR) is 46.0 cm³/mol. The van der Waals surface area contributed by atoms with Crippen LogP contribution in [0.5, 0.6) is 0 Å². The van der Waals surface area contributed by atoms with E-state index in [0.717, 1.165) is 6.54 Å². The molecule has 60 valence electrons. The number of nitrogens with zero attached hydrogens (tertiary/aromatic N) is 1. The smallest absolute Gasteiger partial charge is 0.220 e. The van der Waals surface area contributed by atoms with Crippen molar-refractivity contribution >= 4 is 17.7 Å². The second-order valence-corrected chi connectivity index (χ2v) is 3.29. The monoisotopic (exact) mass is 161 g/mol. The molecule has 1 unspecified atom stereocenters. The van der Waals surface area contributed by atoms with Gasteiger partial charge < -0.3 is 4.90 Å². The molecule has 0 rings (SSSR count). The van der Waals surface area contributed by atoms with Gasteiger partial charge in [-0.2, -0.15) is 0 Å². The van der Waals surface area contributed by atoms with Gasteiger partial charge in [0.1, 0.15) is 0 Å². The molecule has 0 aromatic carbocycles. The highest BCUT2D eigenvalue weighted by Crippen LogP contribution is 2.10. The van der Waals surface area contributed by atoms with E-state index in [-0.39, 0.29) is 5.91 Å². The summed E-state index contributed by atoms with van der Waals surface area (Å²) < 4.78 is 0. The molecule has 1 atom stereocenters. The van der Waals surface area contributed by atoms with E-state index >= 15 is 0 Å². The van der Waals surface area contributed by atoms with Crippen LogP contribution in [-0.4, -0.2) is 29.0 Å². The SMILES string of the molecule is CCN(C(C)=O)C(C)SC. The molecule has 0 heterocycles. The second kappa shape index (κ2) is 4.61. The number of carbonyl (C=O) groups is 1. The number of amides is 1. The van der Waals surface area contributed by atoms with E-state index in [1.54, 1.807) is 18.7 Å². The lowest BCUT2D eigenvalue weighted by Crippen LogP contribution is -2.34. The van der Waals surface area contributed by atoms with Gasteiger partial charge in [-0.1, -0.05) is 0 Å². The van der Waals surface area contributed by atoms with Crippen molar-refractivity contribution in [2.75, 3.05) is 12.8 Å². The molecule has 0 aliphatic heterocycles. The van der Waals surface area contributed by atoms with Crippen LogP contribution in [0.2, 0.25) is 0 Å². The normalized spacial score (nSPS) is 12.8. The first-order valence-corrected chi connectivity index (χ1v) is 4.72. The van der Waals surface area contributed by atoms with Crippen LogP contribution in [0.3, 0.4) is 0 Å². The van der Waals surface area contributed by atoms with Gasteiger partial charge in [0.15, 0.2) is 0 Å². The molecule has 0 N–H and O–H groups in total. The van der Waals surface area contributed by atoms with Gasteiger partial charge in [0.25, 0.3) is 0 Å². The Labute approximate surface area is 67.0 Å². The van der Waals surface area contributed by atoms with Crippen molar-refractivity contribution < 1.29 is 4.79 Å². The second-order valence-electron chi connectivity index (χ2n) is 2.14. The standard InChI is InChI=1S/C7H15NOS/c1-5-8(6(2)9)7(3)10-4/h7H,5H2,1-4H3. The summed E-state index contributed by atoms with van der Waals surface area (Å²) in [6.45, 7) is 6.44. The van der Waals surface area contributed by atoms with Crippen molar-refractivity contribution in [3.8, 4) is 0 Å². The van der Waals surface area contributed by atoms with Crippen LogP contribution in [0.15, 0.2) is 0 Å². The molecule has 0 bridgehead atoms. The summed E-state index contributed by atoms with van der Waals surface area (Å²) in [6.07, 6.45) is 2.01. The number of thioether (sulfide) groups is 1. The zero-order chi connectivity index (χ0) is 8.15. The molecule has 0 spiro atoms. The molecule has 0 fully saturated rings. The Morgan fingerprint density at radius 3 is 2.30 bits per heavy atom. The summed E-state index contributed by atoms with van der Waals surface area (Å²) in [5.41, 5.74) is 0. The third-order valence-corrected chi connectivity index (χ3v) is 2.46. The van der Waals surface area contributed by atoms with Crippen molar-refractivity contribution in [3.63, 3.8) is 0 Å². The summed E-state index contributed by atoms with van der Waals surface area (Å²) in [7, 11) is 0. The van der Waals surface area contributed by atoms with E-state index in [4.69, 9.17) is 0 Å². The Balaban J connectivity index is 3.92. The summed E-state index contributed by atoms with van der Waals surface area (Å²) in [5, 5.41) is 0.308. The van der Waals surface area contributed by atoms with Gasteiger partial charge in [0, 0.05) is 13.5 Å². The highest BCUT2D eigenvalue weighted by Gasteiger charge is 2.11. The Hall–Kier alpha value is -0.180. The summed E-state index contributed by atoms with van der Waals surface area (Å²) in [5.74, 6) is 0.157. The van der Waals surface area contributed by atoms with E-state index in [1.807, 2.05) is 25.0 Å². The quantitative estimate of drug-likeness (QED) is 0.585. The van der Waals surface area contributed by atoms with Crippen LogP contribution in [0.25, 0.3) is 0 Å². The van der Waals surface area contributed by atoms with Gasteiger partial charge in [0.05, 0.1) is 5.37 Å². The molecule has 1 amide bonds. The fraction of sp³-hybridized carbons (Fsp3) is 0.857. The maximum atomic E-state index is 10.9. The van der Waals surface area contributed by atoms with Crippen molar-refractivity contribution in [1.82, 2.24) is 4.90 Å². The van der Waals surface area contributed by atoms with Gasteiger partial charge in [-0.3, -0.25) is 4.79 Å². The maximum absolute atomic E-state index is 10.9. The Morgan fingerprint density at radius 1 is 1.70 bits per heavy atom. The molecule has 0 saturated carbocycles. The van der Waals surface area contributed by atoms with Gasteiger partial charge in [-0.25, -0.2) is 0 Å². The minimum Gasteiger partial charge on any atom is -0.332 e. The topological polar surface area (TPSA) is 20.3 Å². The molecule has 0 saturated heterocycles. The molecule has 3 heteroatoms. The number of hydrogen-bond donors (Lipinski definition) is 0. The number of rotatable bonds is 3. The first-order chi connectivity index (χ1) is 4.63. The predicted octanol–water partition coefficient (Wildman–Crippen LogP) is 1.56. The van der Waals surface area contributed by atoms with E-state index < -0.39 is 0 Å². The van der Waals surface area contributed by atoms with Gasteiger partial charge in [-0.05, 0) is 20.1 Å². The highest BCUT2D eigenvalue weighted by molar-refractivity contribution is 7.99. The largest absolute Gasteiger partial charge is 0.332 e. The third kappa shape index (κ3) is 2.60. The van der Waals surface area contributed by atoms with Crippen molar-refractivity contribution in [2.45, 2.75) is 26.1 Å². The maximum Gasteiger partial charge on any atom is 0.220 e. The molecule has 2 nitrogen and oxygen atoms in total. The molecule has 0 aliphatic carbocycles. The zero-order valence-electron chi connectivity index (χ0n) is 7.05. The average Bonchev–Trinajstić information content (AvgIpc) is 1.88. The molecule has 0 aliphatic rings. The van der Waals surface area contributed by atoms with Crippen LogP contribution in [0.4, 0.5) is 0 Å². The lowest BCUT2D eigenvalue weighted by Gasteiger charge is -2.24. The first-order valence-electron chi connectivity index (χ1n) is 3.43. The Kier molecular flexibility index (Phi) is 4.52. The van der Waals surface area contributed by atoms with Crippen LogP contribution < -0.4 is 0 Å². The van der Waals surface area contributed by atoms with E-state index in [2.05, 4.69) is 0 Å². The average molecular weight is 161 g/mol. The van der Waals surface area contributed by atoms with Crippen molar-refractivity contribution in [2.24, 2.45) is 0 Å². The molecular weight excluding hydrogens is 146 g/mol. The van der Waals surface area contributed by atoms with Crippen molar-refractivity contribution in [1.29, 1.82) is 0 Å². The van der Waals surface area contributed by atoms with Crippen LogP contribution in [-0.2, 0) is 4.79 Å². The molecular formula is C7H15NOS. The fourth-order valence-electron chi connectivity index (χ4n) is 0.863. The lowest BCUT2D eigenvalue weighted by atomic mass is 10.5. The third-order valence-electron chi connectivity index (χ3n) is 1.53. The van der Waals surface area contributed by atoms with E-state index in [0.29, 0.717) is 5.37 Å². The van der Waals surface area contributed by atoms with Gasteiger partial charge in [0.2, 0.25) is 5.91 Å². The molecule has 0 radical (unpaired) electrons. The van der Waals surface area contributed by atoms with Crippen molar-refractivity contribution in [3.05, 3.63) is 0 Å². The molecule has 10 heavy (non-hydrogen) atoms. The first kappa shape index (κ1) is 9.82.